The summed E-state index contributed by atoms with van der Waals surface area (Å²) in [6.45, 7) is 11.9. The summed E-state index contributed by atoms with van der Waals surface area (Å²) in [5, 5.41) is 1.50. The lowest BCUT2D eigenvalue weighted by Gasteiger charge is -2.35. The molecule has 4 rings (SSSR count). The number of rotatable bonds is 5. The summed E-state index contributed by atoms with van der Waals surface area (Å²) >= 11 is 6.79. The van der Waals surface area contributed by atoms with Gasteiger partial charge in [0.2, 0.25) is 5.91 Å². The monoisotopic (exact) mass is 445 g/mol. The van der Waals surface area contributed by atoms with Crippen LogP contribution in [-0.4, -0.2) is 53.7 Å². The van der Waals surface area contributed by atoms with E-state index in [9.17, 15) is 4.79 Å². The number of aromatic nitrogens is 2. The molecule has 0 saturated carbocycles. The zero-order chi connectivity index (χ0) is 22.7. The van der Waals surface area contributed by atoms with Gasteiger partial charge >= 0.3 is 0 Å². The first-order valence-corrected chi connectivity index (χ1v) is 10.8. The molecule has 162 valence electrons. The van der Waals surface area contributed by atoms with Crippen molar-refractivity contribution in [1.29, 1.82) is 0 Å². The molecule has 1 saturated heterocycles. The molecule has 1 aromatic heterocycles. The van der Waals surface area contributed by atoms with E-state index in [1.807, 2.05) is 49.4 Å². The quantitative estimate of drug-likeness (QED) is 0.414. The van der Waals surface area contributed by atoms with Crippen LogP contribution in [0.5, 0.6) is 0 Å². The van der Waals surface area contributed by atoms with Crippen molar-refractivity contribution in [3.05, 3.63) is 77.6 Å². The molecule has 0 spiro atoms. The van der Waals surface area contributed by atoms with Gasteiger partial charge in [-0.1, -0.05) is 42.5 Å². The molecule has 1 aliphatic heterocycles. The first kappa shape index (κ1) is 21.7. The maximum atomic E-state index is 11.9. The fraction of sp³-hybridized carbons (Fsp3) is 0.200. The van der Waals surface area contributed by atoms with Gasteiger partial charge in [0.1, 0.15) is 12.1 Å². The predicted octanol–water partition coefficient (Wildman–Crippen LogP) is 4.90. The number of carbonyl (C=O) groups excluding carboxylic acids is 1. The van der Waals surface area contributed by atoms with Gasteiger partial charge in [0.15, 0.2) is 0 Å². The molecule has 3 aromatic rings. The van der Waals surface area contributed by atoms with Crippen LogP contribution in [0.25, 0.3) is 16.5 Å². The number of anilines is 1. The van der Waals surface area contributed by atoms with Gasteiger partial charge in [-0.15, -0.1) is 0 Å². The van der Waals surface area contributed by atoms with Gasteiger partial charge < -0.3 is 9.80 Å². The van der Waals surface area contributed by atoms with Gasteiger partial charge in [0.05, 0.1) is 11.2 Å². The molecule has 1 amide bonds. The van der Waals surface area contributed by atoms with Crippen LogP contribution >= 0.6 is 11.6 Å². The fourth-order valence-corrected chi connectivity index (χ4v) is 4.35. The van der Waals surface area contributed by atoms with Crippen molar-refractivity contribution in [3.63, 3.8) is 0 Å². The topological polar surface area (TPSA) is 61.7 Å². The molecule has 7 heteroatoms. The average Bonchev–Trinajstić information content (AvgIpc) is 2.84. The Bertz CT molecular complexity index is 1230. The Balaban J connectivity index is 1.72. The van der Waals surface area contributed by atoms with E-state index in [1.165, 1.54) is 6.08 Å². The van der Waals surface area contributed by atoms with E-state index >= 15 is 0 Å². The van der Waals surface area contributed by atoms with Crippen LogP contribution in [0.3, 0.4) is 0 Å². The van der Waals surface area contributed by atoms with Crippen LogP contribution in [0, 0.1) is 0 Å². The summed E-state index contributed by atoms with van der Waals surface area (Å²) in [5.74, 6) is 0.780. The van der Waals surface area contributed by atoms with Crippen LogP contribution in [0.4, 0.5) is 11.5 Å². The van der Waals surface area contributed by atoms with Gasteiger partial charge in [-0.3, -0.25) is 9.79 Å². The standard InChI is InChI=1S/C25H24ClN5O/c1-4-17(18-8-6-7-9-22(18)27-3)19-15-23-20(14-21(19)26)25(29-16-28-23)31-12-10-30(11-13-31)24(32)5-2/h4-9,14-16H,2-3,10-13H2,1H3/b17-4+. The highest BCUT2D eigenvalue weighted by Gasteiger charge is 2.23. The number of hydrogen-bond donors (Lipinski definition) is 0. The van der Waals surface area contributed by atoms with Crippen LogP contribution in [-0.2, 0) is 4.79 Å². The van der Waals surface area contributed by atoms with E-state index in [-0.39, 0.29) is 5.91 Å². The largest absolute Gasteiger partial charge is 0.352 e. The maximum absolute atomic E-state index is 11.9. The Hall–Kier alpha value is -3.51. The molecular formula is C25H24ClN5O. The van der Waals surface area contributed by atoms with Crippen LogP contribution in [0.15, 0.2) is 66.4 Å². The van der Waals surface area contributed by atoms with Crippen LogP contribution in [0.1, 0.15) is 18.1 Å². The smallest absolute Gasteiger partial charge is 0.246 e. The van der Waals surface area contributed by atoms with Crippen molar-refractivity contribution in [1.82, 2.24) is 14.9 Å². The number of piperazine rings is 1. The first-order chi connectivity index (χ1) is 15.6. The molecule has 1 aliphatic rings. The third kappa shape index (κ3) is 4.01. The van der Waals surface area contributed by atoms with Crippen LogP contribution in [0.2, 0.25) is 5.02 Å². The number of benzene rings is 2. The lowest BCUT2D eigenvalue weighted by molar-refractivity contribution is -0.126. The van der Waals surface area contributed by atoms with E-state index in [4.69, 9.17) is 11.6 Å². The Morgan fingerprint density at radius 2 is 1.88 bits per heavy atom. The second-order valence-corrected chi connectivity index (χ2v) is 7.85. The van der Waals surface area contributed by atoms with E-state index in [2.05, 4.69) is 33.2 Å². The van der Waals surface area contributed by atoms with Gasteiger partial charge in [0.25, 0.3) is 0 Å². The molecule has 1 fully saturated rings. The highest BCUT2D eigenvalue weighted by molar-refractivity contribution is 6.33. The fourth-order valence-electron chi connectivity index (χ4n) is 4.08. The number of para-hydroxylation sites is 1. The Kier molecular flexibility index (Phi) is 6.32. The molecule has 0 bridgehead atoms. The summed E-state index contributed by atoms with van der Waals surface area (Å²) in [5.41, 5.74) is 4.42. The lowest BCUT2D eigenvalue weighted by Crippen LogP contribution is -2.48. The summed E-state index contributed by atoms with van der Waals surface area (Å²) in [6, 6.07) is 11.8. The number of carbonyl (C=O) groups is 1. The SMILES string of the molecule is C=CC(=O)N1CCN(c2ncnc3cc(/C(=C/C)c4ccccc4N=C)c(Cl)cc23)CC1. The summed E-state index contributed by atoms with van der Waals surface area (Å²) < 4.78 is 0. The van der Waals surface area contributed by atoms with Gasteiger partial charge in [-0.05, 0) is 43.5 Å². The summed E-state index contributed by atoms with van der Waals surface area (Å²) in [6.07, 6.45) is 4.95. The summed E-state index contributed by atoms with van der Waals surface area (Å²) in [4.78, 5) is 29.1. The number of halogens is 1. The maximum Gasteiger partial charge on any atom is 0.246 e. The molecule has 0 aliphatic carbocycles. The zero-order valence-corrected chi connectivity index (χ0v) is 18.7. The summed E-state index contributed by atoms with van der Waals surface area (Å²) in [7, 11) is 0. The lowest BCUT2D eigenvalue weighted by atomic mass is 9.95. The number of hydrogen-bond acceptors (Lipinski definition) is 5. The molecule has 0 N–H and O–H groups in total. The third-order valence-electron chi connectivity index (χ3n) is 5.71. The molecule has 6 nitrogen and oxygen atoms in total. The molecule has 0 unspecified atom stereocenters. The first-order valence-electron chi connectivity index (χ1n) is 10.4. The normalized spacial score (nSPS) is 14.5. The van der Waals surface area contributed by atoms with Crippen molar-refractivity contribution < 1.29 is 4.79 Å². The number of nitrogens with zero attached hydrogens (tertiary/aromatic N) is 5. The molecule has 32 heavy (non-hydrogen) atoms. The van der Waals surface area contributed by atoms with Crippen molar-refractivity contribution >= 4 is 52.2 Å². The van der Waals surface area contributed by atoms with Gasteiger partial charge in [-0.25, -0.2) is 9.97 Å². The van der Waals surface area contributed by atoms with Crippen molar-refractivity contribution in [2.45, 2.75) is 6.92 Å². The van der Waals surface area contributed by atoms with E-state index in [0.717, 1.165) is 39.1 Å². The molecule has 0 atom stereocenters. The number of fused-ring (bicyclic) bond motifs is 1. The van der Waals surface area contributed by atoms with E-state index in [1.54, 1.807) is 11.2 Å². The zero-order valence-electron chi connectivity index (χ0n) is 18.0. The van der Waals surface area contributed by atoms with E-state index in [0.29, 0.717) is 31.2 Å². The third-order valence-corrected chi connectivity index (χ3v) is 6.02. The highest BCUT2D eigenvalue weighted by atomic mass is 35.5. The Morgan fingerprint density at radius 1 is 1.12 bits per heavy atom. The van der Waals surface area contributed by atoms with Crippen molar-refractivity contribution in [2.75, 3.05) is 31.1 Å². The Morgan fingerprint density at radius 3 is 2.56 bits per heavy atom. The highest BCUT2D eigenvalue weighted by Crippen LogP contribution is 2.37. The average molecular weight is 446 g/mol. The minimum absolute atomic E-state index is 0.0435. The van der Waals surface area contributed by atoms with Gasteiger partial charge in [0, 0.05) is 47.7 Å². The molecular weight excluding hydrogens is 422 g/mol. The minimum Gasteiger partial charge on any atom is -0.352 e. The second kappa shape index (κ2) is 9.32. The van der Waals surface area contributed by atoms with Crippen molar-refractivity contribution in [3.8, 4) is 0 Å². The van der Waals surface area contributed by atoms with E-state index < -0.39 is 0 Å². The molecule has 2 aromatic carbocycles. The predicted molar refractivity (Wildman–Crippen MR) is 132 cm³/mol. The minimum atomic E-state index is -0.0435. The van der Waals surface area contributed by atoms with Crippen LogP contribution < -0.4 is 4.90 Å². The Labute approximate surface area is 192 Å². The van der Waals surface area contributed by atoms with Crippen molar-refractivity contribution in [2.24, 2.45) is 4.99 Å². The second-order valence-electron chi connectivity index (χ2n) is 7.44. The number of allylic oxidation sites excluding steroid dienone is 1. The number of aliphatic imine (C=N–C) groups is 1. The number of amides is 1. The molecule has 0 radical (unpaired) electrons. The van der Waals surface area contributed by atoms with Gasteiger partial charge in [-0.2, -0.15) is 0 Å². The molecule has 2 heterocycles.